The number of hydrogen-bond donors (Lipinski definition) is 1. The lowest BCUT2D eigenvalue weighted by molar-refractivity contribution is 0.281. The highest BCUT2D eigenvalue weighted by Crippen LogP contribution is 2.32. The van der Waals surface area contributed by atoms with Crippen LogP contribution in [0.2, 0.25) is 0 Å². The molecule has 1 aliphatic carbocycles. The molecule has 106 valence electrons. The maximum absolute atomic E-state index is 13.9. The first-order valence-corrected chi connectivity index (χ1v) is 7.82. The van der Waals surface area contributed by atoms with Crippen molar-refractivity contribution >= 4 is 10.0 Å². The molecule has 0 aliphatic heterocycles. The van der Waals surface area contributed by atoms with Crippen LogP contribution in [0.3, 0.4) is 0 Å². The van der Waals surface area contributed by atoms with Gasteiger partial charge in [0.1, 0.15) is 10.7 Å². The molecule has 1 aromatic carbocycles. The average Bonchev–Trinajstić information content (AvgIpc) is 3.19. The lowest BCUT2D eigenvalue weighted by Crippen LogP contribution is -2.33. The van der Waals surface area contributed by atoms with E-state index < -0.39 is 15.8 Å². The van der Waals surface area contributed by atoms with Crippen molar-refractivity contribution in [1.82, 2.24) is 4.31 Å². The largest absolute Gasteiger partial charge is 0.392 e. The van der Waals surface area contributed by atoms with E-state index in [0.29, 0.717) is 24.6 Å². The fourth-order valence-corrected chi connectivity index (χ4v) is 3.55. The molecule has 0 atom stereocenters. The maximum atomic E-state index is 13.9. The van der Waals surface area contributed by atoms with Gasteiger partial charge in [0.05, 0.1) is 6.61 Å². The van der Waals surface area contributed by atoms with Crippen molar-refractivity contribution in [2.24, 2.45) is 5.92 Å². The summed E-state index contributed by atoms with van der Waals surface area (Å²) in [5.74, 6) is -0.393. The minimum atomic E-state index is -3.79. The van der Waals surface area contributed by atoms with Crippen LogP contribution in [-0.2, 0) is 16.6 Å². The van der Waals surface area contributed by atoms with Crippen LogP contribution in [0.4, 0.5) is 4.39 Å². The van der Waals surface area contributed by atoms with Crippen LogP contribution < -0.4 is 0 Å². The van der Waals surface area contributed by atoms with Crippen molar-refractivity contribution in [1.29, 1.82) is 0 Å². The van der Waals surface area contributed by atoms with Crippen molar-refractivity contribution in [2.45, 2.75) is 31.3 Å². The van der Waals surface area contributed by atoms with Gasteiger partial charge in [-0.25, -0.2) is 12.8 Å². The number of sulfonamides is 1. The summed E-state index contributed by atoms with van der Waals surface area (Å²) in [4.78, 5) is -0.313. The molecule has 0 unspecified atom stereocenters. The van der Waals surface area contributed by atoms with Crippen molar-refractivity contribution in [3.8, 4) is 0 Å². The predicted molar refractivity (Wildman–Crippen MR) is 69.5 cm³/mol. The van der Waals surface area contributed by atoms with Crippen LogP contribution in [0.5, 0.6) is 0 Å². The Kier molecular flexibility index (Phi) is 4.23. The van der Waals surface area contributed by atoms with Gasteiger partial charge in [-0.1, -0.05) is 13.0 Å². The van der Waals surface area contributed by atoms with Gasteiger partial charge >= 0.3 is 0 Å². The number of benzene rings is 1. The van der Waals surface area contributed by atoms with Crippen molar-refractivity contribution in [2.75, 3.05) is 13.1 Å². The molecule has 1 N–H and O–H groups in total. The second-order valence-corrected chi connectivity index (χ2v) is 6.73. The Morgan fingerprint density at radius 3 is 2.58 bits per heavy atom. The summed E-state index contributed by atoms with van der Waals surface area (Å²) < 4.78 is 39.9. The quantitative estimate of drug-likeness (QED) is 0.867. The number of rotatable bonds is 6. The predicted octanol–water partition coefficient (Wildman–Crippen LogP) is 1.74. The second kappa shape index (κ2) is 5.56. The summed E-state index contributed by atoms with van der Waals surface area (Å²) in [6.45, 7) is 2.23. The summed E-state index contributed by atoms with van der Waals surface area (Å²) in [5, 5.41) is 8.91. The van der Waals surface area contributed by atoms with Gasteiger partial charge < -0.3 is 5.11 Å². The zero-order valence-electron chi connectivity index (χ0n) is 10.8. The van der Waals surface area contributed by atoms with Gasteiger partial charge in [-0.05, 0) is 36.5 Å². The molecule has 0 bridgehead atoms. The van der Waals surface area contributed by atoms with Crippen LogP contribution in [-0.4, -0.2) is 30.9 Å². The number of nitrogens with zero attached hydrogens (tertiary/aromatic N) is 1. The van der Waals surface area contributed by atoms with Crippen molar-refractivity contribution in [3.63, 3.8) is 0 Å². The van der Waals surface area contributed by atoms with Crippen molar-refractivity contribution in [3.05, 3.63) is 29.6 Å². The topological polar surface area (TPSA) is 57.6 Å². The fourth-order valence-electron chi connectivity index (χ4n) is 1.98. The third-order valence-electron chi connectivity index (χ3n) is 3.31. The number of halogens is 1. The molecule has 1 aliphatic rings. The monoisotopic (exact) mass is 287 g/mol. The average molecular weight is 287 g/mol. The van der Waals surface area contributed by atoms with Gasteiger partial charge in [0.25, 0.3) is 0 Å². The lowest BCUT2D eigenvalue weighted by atomic mass is 10.2. The van der Waals surface area contributed by atoms with Crippen LogP contribution in [0.25, 0.3) is 0 Å². The summed E-state index contributed by atoms with van der Waals surface area (Å²) in [5.41, 5.74) is 0.363. The van der Waals surface area contributed by atoms with Crippen LogP contribution in [0.1, 0.15) is 25.3 Å². The fraction of sp³-hybridized carbons (Fsp3) is 0.538. The molecule has 1 fully saturated rings. The molecule has 19 heavy (non-hydrogen) atoms. The number of aliphatic hydroxyl groups is 1. The summed E-state index contributed by atoms with van der Waals surface area (Å²) >= 11 is 0. The second-order valence-electron chi connectivity index (χ2n) is 4.82. The molecule has 1 aromatic rings. The van der Waals surface area contributed by atoms with Gasteiger partial charge in [-0.2, -0.15) is 4.31 Å². The summed E-state index contributed by atoms with van der Waals surface area (Å²) in [7, 11) is -3.79. The molecule has 2 rings (SSSR count). The molecule has 1 saturated carbocycles. The molecule has 0 amide bonds. The Hall–Kier alpha value is -0.980. The molecule has 4 nitrogen and oxygen atoms in total. The van der Waals surface area contributed by atoms with Gasteiger partial charge in [-0.3, -0.25) is 0 Å². The Bertz CT molecular complexity index is 555. The molecule has 0 aromatic heterocycles. The van der Waals surface area contributed by atoms with Gasteiger partial charge in [0.15, 0.2) is 0 Å². The van der Waals surface area contributed by atoms with E-state index in [9.17, 15) is 12.8 Å². The normalized spacial score (nSPS) is 16.0. The Balaban J connectivity index is 2.31. The van der Waals surface area contributed by atoms with E-state index in [0.717, 1.165) is 18.9 Å². The van der Waals surface area contributed by atoms with Crippen LogP contribution in [0, 0.1) is 11.7 Å². The minimum absolute atomic E-state index is 0.309. The van der Waals surface area contributed by atoms with E-state index in [2.05, 4.69) is 0 Å². The van der Waals surface area contributed by atoms with Gasteiger partial charge in [-0.15, -0.1) is 0 Å². The number of hydrogen-bond acceptors (Lipinski definition) is 3. The summed E-state index contributed by atoms with van der Waals surface area (Å²) in [6, 6.07) is 3.73. The molecule has 6 heteroatoms. The highest BCUT2D eigenvalue weighted by Gasteiger charge is 2.32. The first kappa shape index (κ1) is 14.4. The standard InChI is InChI=1S/C13H18FNO3S/c1-2-15(8-10-3-4-10)19(17,18)13-6-5-11(9-16)7-12(13)14/h5-7,10,16H,2-4,8-9H2,1H3. The molecule has 0 radical (unpaired) electrons. The smallest absolute Gasteiger partial charge is 0.245 e. The van der Waals surface area contributed by atoms with Crippen molar-refractivity contribution < 1.29 is 17.9 Å². The van der Waals surface area contributed by atoms with Crippen LogP contribution >= 0.6 is 0 Å². The maximum Gasteiger partial charge on any atom is 0.245 e. The van der Waals surface area contributed by atoms with E-state index in [-0.39, 0.29) is 11.5 Å². The highest BCUT2D eigenvalue weighted by molar-refractivity contribution is 7.89. The molecule has 0 heterocycles. The van der Waals surface area contributed by atoms with E-state index in [1.807, 2.05) is 0 Å². The third-order valence-corrected chi connectivity index (χ3v) is 5.28. The van der Waals surface area contributed by atoms with E-state index in [4.69, 9.17) is 5.11 Å². The Labute approximate surface area is 112 Å². The lowest BCUT2D eigenvalue weighted by Gasteiger charge is -2.20. The van der Waals surface area contributed by atoms with E-state index in [1.165, 1.54) is 16.4 Å². The molecule has 0 saturated heterocycles. The highest BCUT2D eigenvalue weighted by atomic mass is 32.2. The third kappa shape index (κ3) is 3.13. The van der Waals surface area contributed by atoms with E-state index >= 15 is 0 Å². The zero-order chi connectivity index (χ0) is 14.0. The first-order chi connectivity index (χ1) is 8.98. The molecular formula is C13H18FNO3S. The SMILES string of the molecule is CCN(CC1CC1)S(=O)(=O)c1ccc(CO)cc1F. The molecule has 0 spiro atoms. The van der Waals surface area contributed by atoms with Gasteiger partial charge in [0.2, 0.25) is 10.0 Å². The Morgan fingerprint density at radius 2 is 2.11 bits per heavy atom. The van der Waals surface area contributed by atoms with Gasteiger partial charge in [0, 0.05) is 13.1 Å². The minimum Gasteiger partial charge on any atom is -0.392 e. The zero-order valence-corrected chi connectivity index (χ0v) is 11.7. The molecular weight excluding hydrogens is 269 g/mol. The number of aliphatic hydroxyl groups excluding tert-OH is 1. The summed E-state index contributed by atoms with van der Waals surface area (Å²) in [6.07, 6.45) is 2.08. The first-order valence-electron chi connectivity index (χ1n) is 6.38. The van der Waals surface area contributed by atoms with Crippen LogP contribution in [0.15, 0.2) is 23.1 Å². The Morgan fingerprint density at radius 1 is 1.42 bits per heavy atom. The van der Waals surface area contributed by atoms with E-state index in [1.54, 1.807) is 6.92 Å².